The second-order valence-electron chi connectivity index (χ2n) is 7.17. The zero-order valence-corrected chi connectivity index (χ0v) is 15.9. The predicted octanol–water partition coefficient (Wildman–Crippen LogP) is 3.89. The highest BCUT2D eigenvalue weighted by Crippen LogP contribution is 2.49. The fraction of sp³-hybridized carbons (Fsp3) is 0.208. The van der Waals surface area contributed by atoms with Gasteiger partial charge in [0.05, 0.1) is 6.61 Å². The number of aliphatic hydroxyl groups is 1. The molecule has 0 saturated carbocycles. The zero-order chi connectivity index (χ0) is 20.6. The highest BCUT2D eigenvalue weighted by Gasteiger charge is 2.60. The number of rotatable bonds is 5. The number of esters is 1. The Kier molecular flexibility index (Phi) is 4.76. The van der Waals surface area contributed by atoms with Gasteiger partial charge in [-0.05, 0) is 29.3 Å². The van der Waals surface area contributed by atoms with E-state index in [1.54, 1.807) is 43.3 Å². The fourth-order valence-electron chi connectivity index (χ4n) is 4.00. The van der Waals surface area contributed by atoms with Crippen LogP contribution in [0.2, 0.25) is 0 Å². The molecule has 0 amide bonds. The lowest BCUT2D eigenvalue weighted by Gasteiger charge is -2.28. The maximum atomic E-state index is 13.2. The average molecular weight is 388 g/mol. The third kappa shape index (κ3) is 2.95. The molecule has 0 radical (unpaired) electrons. The smallest absolute Gasteiger partial charge is 0.323 e. The average Bonchev–Trinajstić information content (AvgIpc) is 2.96. The van der Waals surface area contributed by atoms with Crippen molar-refractivity contribution in [3.63, 3.8) is 0 Å². The molecule has 0 bridgehead atoms. The summed E-state index contributed by atoms with van der Waals surface area (Å²) in [5, 5.41) is 12.8. The summed E-state index contributed by atoms with van der Waals surface area (Å²) in [5.74, 6) is -1.85. The molecule has 0 aromatic heterocycles. The van der Waals surface area contributed by atoms with Crippen LogP contribution in [0.3, 0.4) is 0 Å². The Morgan fingerprint density at radius 3 is 2.41 bits per heavy atom. The number of ether oxygens (including phenoxy) is 1. The molecule has 1 N–H and O–H groups in total. The minimum atomic E-state index is -1.97. The Morgan fingerprint density at radius 2 is 1.69 bits per heavy atom. The first kappa shape index (κ1) is 19.0. The van der Waals surface area contributed by atoms with E-state index in [1.807, 2.05) is 30.3 Å². The van der Waals surface area contributed by atoms with Crippen molar-refractivity contribution in [3.8, 4) is 0 Å². The van der Waals surface area contributed by atoms with Crippen LogP contribution in [-0.2, 0) is 9.53 Å². The van der Waals surface area contributed by atoms with Crippen LogP contribution in [0.1, 0.15) is 45.7 Å². The number of hydrogen-bond donors (Lipinski definition) is 1. The van der Waals surface area contributed by atoms with Crippen molar-refractivity contribution in [1.82, 2.24) is 0 Å². The Labute approximate surface area is 167 Å². The van der Waals surface area contributed by atoms with Crippen LogP contribution in [0.5, 0.6) is 0 Å². The van der Waals surface area contributed by atoms with Gasteiger partial charge in [-0.15, -0.1) is 0 Å². The van der Waals surface area contributed by atoms with Crippen molar-refractivity contribution >= 4 is 28.3 Å². The fourth-order valence-corrected chi connectivity index (χ4v) is 4.00. The van der Waals surface area contributed by atoms with Gasteiger partial charge in [-0.1, -0.05) is 60.7 Å². The Balaban J connectivity index is 1.76. The molecular weight excluding hydrogens is 368 g/mol. The minimum Gasteiger partial charge on any atom is -0.465 e. The molecule has 0 spiro atoms. The third-order valence-electron chi connectivity index (χ3n) is 5.52. The van der Waals surface area contributed by atoms with Crippen molar-refractivity contribution in [2.75, 3.05) is 6.61 Å². The van der Waals surface area contributed by atoms with Crippen molar-refractivity contribution < 1.29 is 24.2 Å². The molecule has 5 nitrogen and oxygen atoms in total. The van der Waals surface area contributed by atoms with Gasteiger partial charge in [0.15, 0.2) is 17.0 Å². The van der Waals surface area contributed by atoms with Gasteiger partial charge >= 0.3 is 5.97 Å². The van der Waals surface area contributed by atoms with Crippen molar-refractivity contribution in [2.45, 2.75) is 19.4 Å². The molecule has 3 aromatic rings. The van der Waals surface area contributed by atoms with E-state index in [2.05, 4.69) is 0 Å². The van der Waals surface area contributed by atoms with Crippen LogP contribution in [0.25, 0.3) is 10.8 Å². The molecule has 0 heterocycles. The van der Waals surface area contributed by atoms with Crippen molar-refractivity contribution in [2.24, 2.45) is 5.41 Å². The van der Waals surface area contributed by atoms with Gasteiger partial charge in [0.25, 0.3) is 0 Å². The van der Waals surface area contributed by atoms with Crippen molar-refractivity contribution in [1.29, 1.82) is 0 Å². The quantitative estimate of drug-likeness (QED) is 0.407. The summed E-state index contributed by atoms with van der Waals surface area (Å²) in [5.41, 5.74) is -0.998. The van der Waals surface area contributed by atoms with Crippen LogP contribution in [0.15, 0.2) is 66.7 Å². The standard InChI is InChI=1S/C24H20O5/c1-2-29-23(28)24(21(26)18-9-5-6-10-19(18)22(24)27)14-20(25)17-12-11-15-7-3-4-8-16(15)13-17/h3-13,21,26H,2,14H2,1H3/t21-,24-/m0/s1. The summed E-state index contributed by atoms with van der Waals surface area (Å²) >= 11 is 0. The maximum Gasteiger partial charge on any atom is 0.323 e. The summed E-state index contributed by atoms with van der Waals surface area (Å²) in [6.07, 6.45) is -1.89. The first-order valence-corrected chi connectivity index (χ1v) is 9.50. The molecule has 3 aromatic carbocycles. The van der Waals surface area contributed by atoms with E-state index in [0.29, 0.717) is 11.1 Å². The van der Waals surface area contributed by atoms with Gasteiger partial charge in [-0.25, -0.2) is 0 Å². The Morgan fingerprint density at radius 1 is 1.00 bits per heavy atom. The molecule has 0 fully saturated rings. The van der Waals surface area contributed by atoms with Crippen molar-refractivity contribution in [3.05, 3.63) is 83.4 Å². The summed E-state index contributed by atoms with van der Waals surface area (Å²) in [6.45, 7) is 1.66. The monoisotopic (exact) mass is 388 g/mol. The van der Waals surface area contributed by atoms with Gasteiger partial charge in [0.2, 0.25) is 0 Å². The SMILES string of the molecule is CCOC(=O)[C@]1(CC(=O)c2ccc3ccccc3c2)C(=O)c2ccccc2[C@@H]1O. The lowest BCUT2D eigenvalue weighted by Crippen LogP contribution is -2.43. The highest BCUT2D eigenvalue weighted by atomic mass is 16.5. The highest BCUT2D eigenvalue weighted by molar-refractivity contribution is 6.19. The van der Waals surface area contributed by atoms with Gasteiger partial charge in [0, 0.05) is 17.5 Å². The number of benzene rings is 3. The lowest BCUT2D eigenvalue weighted by molar-refractivity contribution is -0.157. The first-order valence-electron chi connectivity index (χ1n) is 9.50. The normalized spacial score (nSPS) is 20.5. The van der Waals surface area contributed by atoms with Crippen LogP contribution >= 0.6 is 0 Å². The summed E-state index contributed by atoms with van der Waals surface area (Å²) < 4.78 is 5.14. The molecule has 0 saturated heterocycles. The number of aliphatic hydroxyl groups excluding tert-OH is 1. The van der Waals surface area contributed by atoms with Crippen LogP contribution < -0.4 is 0 Å². The summed E-state index contributed by atoms with van der Waals surface area (Å²) in [7, 11) is 0. The van der Waals surface area contributed by atoms with Crippen LogP contribution in [-0.4, -0.2) is 29.2 Å². The number of fused-ring (bicyclic) bond motifs is 2. The lowest BCUT2D eigenvalue weighted by atomic mass is 9.76. The topological polar surface area (TPSA) is 80.7 Å². The Bertz CT molecular complexity index is 1130. The molecule has 29 heavy (non-hydrogen) atoms. The van der Waals surface area contributed by atoms with E-state index in [1.165, 1.54) is 0 Å². The van der Waals surface area contributed by atoms with Gasteiger partial charge < -0.3 is 9.84 Å². The predicted molar refractivity (Wildman–Crippen MR) is 108 cm³/mol. The van der Waals surface area contributed by atoms with Crippen LogP contribution in [0, 0.1) is 5.41 Å². The third-order valence-corrected chi connectivity index (χ3v) is 5.52. The molecule has 1 aliphatic rings. The van der Waals surface area contributed by atoms with E-state index in [-0.39, 0.29) is 12.2 Å². The first-order chi connectivity index (χ1) is 14.0. The van der Waals surface area contributed by atoms with Gasteiger partial charge in [0.1, 0.15) is 6.10 Å². The largest absolute Gasteiger partial charge is 0.465 e. The minimum absolute atomic E-state index is 0.0428. The number of Topliss-reactive ketones (excluding diaryl/α,β-unsaturated/α-hetero) is 2. The molecule has 0 aliphatic heterocycles. The number of ketones is 2. The van der Waals surface area contributed by atoms with E-state index in [4.69, 9.17) is 4.74 Å². The molecule has 1 aliphatic carbocycles. The molecule has 0 unspecified atom stereocenters. The molecular formula is C24H20O5. The Hall–Kier alpha value is -3.31. The molecule has 146 valence electrons. The van der Waals surface area contributed by atoms with E-state index >= 15 is 0 Å². The maximum absolute atomic E-state index is 13.2. The number of carbonyl (C=O) groups excluding carboxylic acids is 3. The molecule has 5 heteroatoms. The number of hydrogen-bond acceptors (Lipinski definition) is 5. The summed E-state index contributed by atoms with van der Waals surface area (Å²) in [6, 6.07) is 19.3. The second kappa shape index (κ2) is 7.26. The second-order valence-corrected chi connectivity index (χ2v) is 7.17. The number of carbonyl (C=O) groups is 3. The van der Waals surface area contributed by atoms with Crippen LogP contribution in [0.4, 0.5) is 0 Å². The van der Waals surface area contributed by atoms with E-state index < -0.39 is 35.5 Å². The van der Waals surface area contributed by atoms with E-state index in [9.17, 15) is 19.5 Å². The zero-order valence-electron chi connectivity index (χ0n) is 15.9. The molecule has 2 atom stereocenters. The van der Waals surface area contributed by atoms with E-state index in [0.717, 1.165) is 10.8 Å². The summed E-state index contributed by atoms with van der Waals surface area (Å²) in [4.78, 5) is 39.2. The molecule has 4 rings (SSSR count). The van der Waals surface area contributed by atoms with Gasteiger partial charge in [-0.3, -0.25) is 14.4 Å². The van der Waals surface area contributed by atoms with Gasteiger partial charge in [-0.2, -0.15) is 0 Å².